The van der Waals surface area contributed by atoms with Crippen LogP contribution < -0.4 is 10.6 Å². The van der Waals surface area contributed by atoms with Crippen molar-refractivity contribution in [2.24, 2.45) is 0 Å². The Morgan fingerprint density at radius 1 is 1.46 bits per heavy atom. The van der Waals surface area contributed by atoms with Gasteiger partial charge >= 0.3 is 0 Å². The molecule has 13 heavy (non-hydrogen) atoms. The van der Waals surface area contributed by atoms with E-state index in [-0.39, 0.29) is 11.1 Å². The number of nitrogens with one attached hydrogen (secondary N) is 2. The van der Waals surface area contributed by atoms with Gasteiger partial charge in [0.2, 0.25) is 5.91 Å². The maximum absolute atomic E-state index is 11.1. The highest BCUT2D eigenvalue weighted by atomic mass is 35.5. The molecule has 1 aromatic rings. The summed E-state index contributed by atoms with van der Waals surface area (Å²) in [4.78, 5) is 18.9. The number of aromatic nitrogens is 2. The van der Waals surface area contributed by atoms with E-state index < -0.39 is 0 Å². The molecule has 1 aromatic heterocycles. The molecule has 0 bridgehead atoms. The van der Waals surface area contributed by atoms with Gasteiger partial charge in [-0.2, -0.15) is 0 Å². The van der Waals surface area contributed by atoms with E-state index in [1.807, 2.05) is 0 Å². The molecule has 0 atom stereocenters. The molecule has 0 spiro atoms. The molecule has 2 heterocycles. The number of hydrogen-bond acceptors (Lipinski definition) is 4. The van der Waals surface area contributed by atoms with E-state index >= 15 is 0 Å². The Labute approximate surface area is 79.5 Å². The first-order valence-corrected chi connectivity index (χ1v) is 4.19. The van der Waals surface area contributed by atoms with Gasteiger partial charge < -0.3 is 10.6 Å². The zero-order valence-electron chi connectivity index (χ0n) is 6.67. The molecule has 0 radical (unpaired) electrons. The van der Waals surface area contributed by atoms with E-state index in [2.05, 4.69) is 20.6 Å². The molecule has 0 saturated carbocycles. The van der Waals surface area contributed by atoms with Crippen LogP contribution in [0.25, 0.3) is 0 Å². The normalized spacial score (nSPS) is 15.3. The second-order valence-electron chi connectivity index (χ2n) is 2.61. The summed E-state index contributed by atoms with van der Waals surface area (Å²) in [6.07, 6.45) is 1.76. The topological polar surface area (TPSA) is 66.9 Å². The third-order valence-electron chi connectivity index (χ3n) is 1.71. The Bertz CT molecular complexity index is 354. The van der Waals surface area contributed by atoms with Gasteiger partial charge in [-0.05, 0) is 0 Å². The number of rotatable bonds is 0. The summed E-state index contributed by atoms with van der Waals surface area (Å²) in [7, 11) is 0. The Morgan fingerprint density at radius 3 is 3.15 bits per heavy atom. The van der Waals surface area contributed by atoms with Crippen molar-refractivity contribution in [2.75, 3.05) is 17.2 Å². The van der Waals surface area contributed by atoms with E-state index in [0.717, 1.165) is 0 Å². The van der Waals surface area contributed by atoms with Crippen molar-refractivity contribution in [2.45, 2.75) is 6.42 Å². The summed E-state index contributed by atoms with van der Waals surface area (Å²) < 4.78 is 0. The first kappa shape index (κ1) is 8.25. The van der Waals surface area contributed by atoms with Crippen molar-refractivity contribution in [3.63, 3.8) is 0 Å². The predicted octanol–water partition coefficient (Wildman–Crippen LogP) is 0.884. The van der Waals surface area contributed by atoms with Crippen LogP contribution in [0.3, 0.4) is 0 Å². The molecule has 1 amide bonds. The number of anilines is 2. The lowest BCUT2D eigenvalue weighted by Gasteiger charge is -2.05. The molecule has 5 nitrogen and oxygen atoms in total. The Balaban J connectivity index is 2.46. The highest BCUT2D eigenvalue weighted by molar-refractivity contribution is 6.33. The minimum absolute atomic E-state index is 0.0806. The maximum atomic E-state index is 11.1. The van der Waals surface area contributed by atoms with Gasteiger partial charge in [-0.15, -0.1) is 0 Å². The van der Waals surface area contributed by atoms with Crippen molar-refractivity contribution in [3.8, 4) is 0 Å². The third kappa shape index (κ3) is 1.55. The molecule has 1 aliphatic heterocycles. The summed E-state index contributed by atoms with van der Waals surface area (Å²) in [5.74, 6) is 0.494. The van der Waals surface area contributed by atoms with Gasteiger partial charge in [0.15, 0.2) is 11.0 Å². The largest absolute Gasteiger partial charge is 0.368 e. The van der Waals surface area contributed by atoms with Crippen LogP contribution in [-0.4, -0.2) is 22.4 Å². The molecular formula is C7H7ClN4O. The zero-order chi connectivity index (χ0) is 9.26. The lowest BCUT2D eigenvalue weighted by molar-refractivity contribution is -0.115. The van der Waals surface area contributed by atoms with Crippen LogP contribution in [0.1, 0.15) is 6.42 Å². The summed E-state index contributed by atoms with van der Waals surface area (Å²) in [5, 5.41) is 5.87. The van der Waals surface area contributed by atoms with Crippen LogP contribution in [0.2, 0.25) is 5.15 Å². The summed E-state index contributed by atoms with van der Waals surface area (Å²) in [5.41, 5.74) is 0.465. The number of amides is 1. The smallest absolute Gasteiger partial charge is 0.226 e. The molecule has 2 N–H and O–H groups in total. The van der Waals surface area contributed by atoms with Gasteiger partial charge in [0.25, 0.3) is 0 Å². The highest BCUT2D eigenvalue weighted by Gasteiger charge is 2.16. The number of hydrogen-bond donors (Lipinski definition) is 2. The van der Waals surface area contributed by atoms with Crippen LogP contribution in [0, 0.1) is 0 Å². The Morgan fingerprint density at radius 2 is 2.31 bits per heavy atom. The molecule has 0 aromatic carbocycles. The molecule has 0 unspecified atom stereocenters. The molecule has 0 saturated heterocycles. The first-order chi connectivity index (χ1) is 6.27. The maximum Gasteiger partial charge on any atom is 0.226 e. The van der Waals surface area contributed by atoms with E-state index in [1.165, 1.54) is 6.33 Å². The van der Waals surface area contributed by atoms with Crippen LogP contribution in [0.5, 0.6) is 0 Å². The average Bonchev–Trinajstić information content (AvgIpc) is 2.28. The fraction of sp³-hybridized carbons (Fsp3) is 0.286. The van der Waals surface area contributed by atoms with Gasteiger partial charge in [-0.1, -0.05) is 11.6 Å². The summed E-state index contributed by atoms with van der Waals surface area (Å²) >= 11 is 5.77. The zero-order valence-corrected chi connectivity index (χ0v) is 7.43. The van der Waals surface area contributed by atoms with Crippen molar-refractivity contribution in [1.82, 2.24) is 9.97 Å². The van der Waals surface area contributed by atoms with Gasteiger partial charge in [0.05, 0.1) is 0 Å². The lowest BCUT2D eigenvalue weighted by atomic mass is 10.4. The predicted molar refractivity (Wildman–Crippen MR) is 48.8 cm³/mol. The number of halogens is 1. The number of carbonyl (C=O) groups excluding carboxylic acids is 1. The van der Waals surface area contributed by atoms with Crippen LogP contribution >= 0.6 is 11.6 Å². The van der Waals surface area contributed by atoms with Gasteiger partial charge in [-0.25, -0.2) is 9.97 Å². The van der Waals surface area contributed by atoms with Gasteiger partial charge in [0, 0.05) is 13.0 Å². The van der Waals surface area contributed by atoms with E-state index in [0.29, 0.717) is 24.5 Å². The second-order valence-corrected chi connectivity index (χ2v) is 2.97. The SMILES string of the molecule is O=C1CCNc2ncnc(Cl)c2N1. The van der Waals surface area contributed by atoms with Crippen LogP contribution in [0.15, 0.2) is 6.33 Å². The fourth-order valence-electron chi connectivity index (χ4n) is 1.11. The van der Waals surface area contributed by atoms with Crippen molar-refractivity contribution in [3.05, 3.63) is 11.5 Å². The average molecular weight is 199 g/mol. The van der Waals surface area contributed by atoms with E-state index in [1.54, 1.807) is 0 Å². The molecule has 0 fully saturated rings. The minimum atomic E-state index is -0.0806. The van der Waals surface area contributed by atoms with E-state index in [4.69, 9.17) is 11.6 Å². The quantitative estimate of drug-likeness (QED) is 0.608. The van der Waals surface area contributed by atoms with E-state index in [9.17, 15) is 4.79 Å². The van der Waals surface area contributed by atoms with Crippen LogP contribution in [0.4, 0.5) is 11.5 Å². The van der Waals surface area contributed by atoms with Gasteiger partial charge in [-0.3, -0.25) is 4.79 Å². The monoisotopic (exact) mass is 198 g/mol. The molecule has 6 heteroatoms. The molecular weight excluding hydrogens is 192 g/mol. The Kier molecular flexibility index (Phi) is 2.02. The van der Waals surface area contributed by atoms with Crippen molar-refractivity contribution < 1.29 is 4.79 Å². The summed E-state index contributed by atoms with van der Waals surface area (Å²) in [6, 6.07) is 0. The fourth-order valence-corrected chi connectivity index (χ4v) is 1.29. The first-order valence-electron chi connectivity index (χ1n) is 3.81. The molecule has 0 aliphatic carbocycles. The number of nitrogens with zero attached hydrogens (tertiary/aromatic N) is 2. The summed E-state index contributed by atoms with van der Waals surface area (Å²) in [6.45, 7) is 0.562. The van der Waals surface area contributed by atoms with Gasteiger partial charge in [0.1, 0.15) is 12.0 Å². The minimum Gasteiger partial charge on any atom is -0.368 e. The van der Waals surface area contributed by atoms with Crippen LogP contribution in [-0.2, 0) is 4.79 Å². The standard InChI is InChI=1S/C7H7ClN4O/c8-6-5-7(11-3-10-6)9-2-1-4(13)12-5/h3H,1-2H2,(H,12,13)(H,9,10,11). The number of carbonyl (C=O) groups is 1. The molecule has 2 rings (SSSR count). The van der Waals surface area contributed by atoms with Crippen molar-refractivity contribution in [1.29, 1.82) is 0 Å². The van der Waals surface area contributed by atoms with Crippen molar-refractivity contribution >= 4 is 29.0 Å². The number of fused-ring (bicyclic) bond motifs is 1. The second kappa shape index (κ2) is 3.18. The highest BCUT2D eigenvalue weighted by Crippen LogP contribution is 2.27. The molecule has 68 valence electrons. The molecule has 1 aliphatic rings. The Hall–Kier alpha value is -1.36. The third-order valence-corrected chi connectivity index (χ3v) is 2.00. The lowest BCUT2D eigenvalue weighted by Crippen LogP contribution is -2.11.